The molecular weight excluding hydrogens is 482 g/mol. The number of rotatable bonds is 9. The van der Waals surface area contributed by atoms with Crippen LogP contribution in [0.4, 0.5) is 18.9 Å². The number of aryl methyl sites for hydroxylation is 2. The standard InChI is InChI=1S/C26H26BF3N5O2/c28-26(29,30)22-16-32-24(33-23(22)9-6-18-2-1-3-20(14-18)25(31)37)15-19-4-7-21(8-5-19)34-10-12-35(13-11-34)27-17-36/h1-5,7-8,14,16-17H,6,9-13,15H2,(H2,31,37). The highest BCUT2D eigenvalue weighted by atomic mass is 19.4. The predicted octanol–water partition coefficient (Wildman–Crippen LogP) is 2.90. The molecule has 7 nitrogen and oxygen atoms in total. The number of carbonyl (C=O) groups is 2. The van der Waals surface area contributed by atoms with Crippen molar-refractivity contribution in [3.05, 3.63) is 88.5 Å². The number of carbonyl (C=O) groups excluding carboxylic acids is 2. The number of piperazine rings is 1. The first-order chi connectivity index (χ1) is 17.7. The summed E-state index contributed by atoms with van der Waals surface area (Å²) in [7, 11) is 1.55. The Kier molecular flexibility index (Phi) is 8.22. The van der Waals surface area contributed by atoms with Gasteiger partial charge in [0.25, 0.3) is 7.41 Å². The maximum atomic E-state index is 13.6. The van der Waals surface area contributed by atoms with Crippen LogP contribution in [-0.2, 0) is 30.2 Å². The van der Waals surface area contributed by atoms with Gasteiger partial charge in [-0.25, -0.2) is 9.97 Å². The zero-order valence-electron chi connectivity index (χ0n) is 20.1. The summed E-state index contributed by atoms with van der Waals surface area (Å²) in [5.41, 5.74) is 7.30. The average molecular weight is 508 g/mol. The second kappa shape index (κ2) is 11.6. The summed E-state index contributed by atoms with van der Waals surface area (Å²) in [5, 5.41) is 0. The van der Waals surface area contributed by atoms with Gasteiger partial charge in [-0.2, -0.15) is 13.2 Å². The molecule has 1 fully saturated rings. The molecule has 1 aromatic heterocycles. The van der Waals surface area contributed by atoms with E-state index in [1.54, 1.807) is 31.7 Å². The summed E-state index contributed by atoms with van der Waals surface area (Å²) in [5.74, 6) is -0.286. The summed E-state index contributed by atoms with van der Waals surface area (Å²) >= 11 is 0. The fourth-order valence-electron chi connectivity index (χ4n) is 4.34. The first kappa shape index (κ1) is 26.3. The minimum atomic E-state index is -4.57. The van der Waals surface area contributed by atoms with E-state index >= 15 is 0 Å². The third-order valence-electron chi connectivity index (χ3n) is 6.33. The number of anilines is 1. The number of amides is 1. The van der Waals surface area contributed by atoms with Crippen LogP contribution in [0.15, 0.2) is 54.7 Å². The number of halogens is 3. The Hall–Kier alpha value is -3.73. The first-order valence-corrected chi connectivity index (χ1v) is 11.9. The Morgan fingerprint density at radius 1 is 1.03 bits per heavy atom. The van der Waals surface area contributed by atoms with Crippen molar-refractivity contribution in [3.63, 3.8) is 0 Å². The molecule has 1 aliphatic rings. The Bertz CT molecular complexity index is 1250. The van der Waals surface area contributed by atoms with E-state index in [-0.39, 0.29) is 18.5 Å². The lowest BCUT2D eigenvalue weighted by Crippen LogP contribution is -2.48. The van der Waals surface area contributed by atoms with E-state index in [2.05, 4.69) is 14.9 Å². The van der Waals surface area contributed by atoms with Crippen molar-refractivity contribution >= 4 is 25.2 Å². The molecule has 0 aliphatic carbocycles. The van der Waals surface area contributed by atoms with Crippen LogP contribution in [0.5, 0.6) is 0 Å². The zero-order valence-corrected chi connectivity index (χ0v) is 20.1. The van der Waals surface area contributed by atoms with Crippen LogP contribution in [-0.4, -0.2) is 60.5 Å². The molecule has 0 atom stereocenters. The molecule has 37 heavy (non-hydrogen) atoms. The van der Waals surface area contributed by atoms with Gasteiger partial charge in [0.05, 0.1) is 17.4 Å². The van der Waals surface area contributed by atoms with Gasteiger partial charge in [0.2, 0.25) is 5.91 Å². The zero-order chi connectivity index (χ0) is 26.4. The molecule has 191 valence electrons. The normalized spacial score (nSPS) is 14.4. The molecule has 1 aliphatic heterocycles. The summed E-state index contributed by atoms with van der Waals surface area (Å²) in [4.78, 5) is 34.5. The minimum absolute atomic E-state index is 0.0407. The quantitative estimate of drug-likeness (QED) is 0.353. The number of benzene rings is 2. The summed E-state index contributed by atoms with van der Waals surface area (Å²) in [6.45, 7) is 3.10. The summed E-state index contributed by atoms with van der Waals surface area (Å²) in [6.07, 6.45) is -2.32. The molecule has 3 aromatic rings. The second-order valence-electron chi connectivity index (χ2n) is 8.86. The number of nitrogens with two attached hydrogens (primary N) is 1. The van der Waals surface area contributed by atoms with Crippen LogP contribution in [0.2, 0.25) is 0 Å². The Balaban J connectivity index is 1.46. The highest BCUT2D eigenvalue weighted by Crippen LogP contribution is 2.31. The van der Waals surface area contributed by atoms with Crippen molar-refractivity contribution in [3.8, 4) is 0 Å². The lowest BCUT2D eigenvalue weighted by atomic mass is 9.93. The molecule has 0 saturated carbocycles. The third-order valence-corrected chi connectivity index (χ3v) is 6.33. The van der Waals surface area contributed by atoms with E-state index in [9.17, 15) is 22.8 Å². The highest BCUT2D eigenvalue weighted by molar-refractivity contribution is 6.64. The van der Waals surface area contributed by atoms with Crippen molar-refractivity contribution < 1.29 is 22.8 Å². The molecular formula is C26H26BF3N5O2. The van der Waals surface area contributed by atoms with Crippen molar-refractivity contribution in [2.75, 3.05) is 31.1 Å². The molecule has 2 aromatic carbocycles. The maximum absolute atomic E-state index is 13.6. The molecule has 1 amide bonds. The van der Waals surface area contributed by atoms with E-state index in [0.717, 1.165) is 49.8 Å². The van der Waals surface area contributed by atoms with E-state index in [4.69, 9.17) is 5.73 Å². The Morgan fingerprint density at radius 3 is 2.41 bits per heavy atom. The van der Waals surface area contributed by atoms with Crippen LogP contribution < -0.4 is 10.6 Å². The van der Waals surface area contributed by atoms with Crippen LogP contribution >= 0.6 is 0 Å². The minimum Gasteiger partial charge on any atom is -0.369 e. The molecule has 0 bridgehead atoms. The summed E-state index contributed by atoms with van der Waals surface area (Å²) in [6, 6.07) is 14.3. The molecule has 1 radical (unpaired) electrons. The monoisotopic (exact) mass is 508 g/mol. The van der Waals surface area contributed by atoms with Gasteiger partial charge < -0.3 is 20.2 Å². The smallest absolute Gasteiger partial charge is 0.369 e. The van der Waals surface area contributed by atoms with Gasteiger partial charge in [0.15, 0.2) is 0 Å². The maximum Gasteiger partial charge on any atom is 0.419 e. The van der Waals surface area contributed by atoms with E-state index in [1.807, 2.05) is 29.1 Å². The topological polar surface area (TPSA) is 92.4 Å². The van der Waals surface area contributed by atoms with Crippen molar-refractivity contribution in [1.29, 1.82) is 0 Å². The number of nitrogens with zero attached hydrogens (tertiary/aromatic N) is 4. The van der Waals surface area contributed by atoms with Gasteiger partial charge in [-0.3, -0.25) is 4.79 Å². The summed E-state index contributed by atoms with van der Waals surface area (Å²) < 4.78 is 40.9. The number of primary amides is 1. The van der Waals surface area contributed by atoms with Crippen LogP contribution in [0.1, 0.15) is 38.6 Å². The molecule has 4 rings (SSSR count). The van der Waals surface area contributed by atoms with Crippen LogP contribution in [0.25, 0.3) is 0 Å². The Morgan fingerprint density at radius 2 is 1.76 bits per heavy atom. The van der Waals surface area contributed by atoms with E-state index in [0.29, 0.717) is 23.4 Å². The highest BCUT2D eigenvalue weighted by Gasteiger charge is 2.34. The Labute approximate surface area is 213 Å². The molecule has 11 heteroatoms. The third kappa shape index (κ3) is 6.94. The average Bonchev–Trinajstić information content (AvgIpc) is 2.88. The van der Waals surface area contributed by atoms with Gasteiger partial charge in [-0.1, -0.05) is 24.3 Å². The van der Waals surface area contributed by atoms with Crippen LogP contribution in [0.3, 0.4) is 0 Å². The van der Waals surface area contributed by atoms with Gasteiger partial charge in [0, 0.05) is 50.0 Å². The molecule has 0 unspecified atom stereocenters. The lowest BCUT2D eigenvalue weighted by Gasteiger charge is -2.35. The molecule has 1 saturated heterocycles. The van der Waals surface area contributed by atoms with Gasteiger partial charge in [0.1, 0.15) is 5.82 Å². The predicted molar refractivity (Wildman–Crippen MR) is 135 cm³/mol. The number of hydrogen-bond acceptors (Lipinski definition) is 6. The number of aromatic nitrogens is 2. The second-order valence-corrected chi connectivity index (χ2v) is 8.86. The van der Waals surface area contributed by atoms with Gasteiger partial charge in [-0.15, -0.1) is 0 Å². The lowest BCUT2D eigenvalue weighted by molar-refractivity contribution is -0.138. The van der Waals surface area contributed by atoms with Gasteiger partial charge >= 0.3 is 6.18 Å². The van der Waals surface area contributed by atoms with Gasteiger partial charge in [-0.05, 0) is 48.2 Å². The first-order valence-electron chi connectivity index (χ1n) is 11.9. The molecule has 0 spiro atoms. The number of alkyl halides is 3. The largest absolute Gasteiger partial charge is 0.419 e. The van der Waals surface area contributed by atoms with E-state index in [1.165, 1.54) is 0 Å². The van der Waals surface area contributed by atoms with Crippen molar-refractivity contribution in [1.82, 2.24) is 14.8 Å². The van der Waals surface area contributed by atoms with Crippen molar-refractivity contribution in [2.24, 2.45) is 5.73 Å². The SMILES string of the molecule is NC(=O)c1cccc(CCc2nc(Cc3ccc(N4CCN([B]C=O)CC4)cc3)ncc2C(F)(F)F)c1. The molecule has 2 N–H and O–H groups in total. The van der Waals surface area contributed by atoms with E-state index < -0.39 is 17.6 Å². The fourth-order valence-corrected chi connectivity index (χ4v) is 4.34. The number of hydrogen-bond donors (Lipinski definition) is 1. The fraction of sp³-hybridized carbons (Fsp3) is 0.308. The molecule has 2 heterocycles. The van der Waals surface area contributed by atoms with Crippen LogP contribution in [0, 0.1) is 0 Å². The van der Waals surface area contributed by atoms with Crippen molar-refractivity contribution in [2.45, 2.75) is 25.4 Å².